The maximum absolute atomic E-state index is 6.04. The lowest BCUT2D eigenvalue weighted by molar-refractivity contribution is 0.00714. The number of rotatable bonds is 23. The van der Waals surface area contributed by atoms with E-state index in [4.69, 9.17) is 27.2 Å². The SMILES string of the molecule is CCO[SiH](CCCOC(C)CN(CC)CC(C)OCCC[SiH](OCC)OCC)OCC. The predicted molar refractivity (Wildman–Crippen MR) is 133 cm³/mol. The molecule has 2 unspecified atom stereocenters. The molecule has 0 heterocycles. The van der Waals surface area contributed by atoms with Gasteiger partial charge < -0.3 is 27.2 Å². The van der Waals surface area contributed by atoms with E-state index in [0.717, 1.165) is 84.2 Å². The van der Waals surface area contributed by atoms with Gasteiger partial charge in [0.05, 0.1) is 12.2 Å². The van der Waals surface area contributed by atoms with Crippen LogP contribution >= 0.6 is 0 Å². The topological polar surface area (TPSA) is 58.6 Å². The lowest BCUT2D eigenvalue weighted by atomic mass is 10.3. The quantitative estimate of drug-likeness (QED) is 0.164. The number of ether oxygens (including phenoxy) is 2. The second-order valence-corrected chi connectivity index (χ2v) is 11.9. The summed E-state index contributed by atoms with van der Waals surface area (Å²) in [5.74, 6) is 0. The predicted octanol–water partition coefficient (Wildman–Crippen LogP) is 3.49. The van der Waals surface area contributed by atoms with Gasteiger partial charge in [-0.2, -0.15) is 0 Å². The lowest BCUT2D eigenvalue weighted by Crippen LogP contribution is -2.38. The van der Waals surface area contributed by atoms with Gasteiger partial charge in [-0.3, -0.25) is 4.90 Å². The highest BCUT2D eigenvalue weighted by Crippen LogP contribution is 2.07. The molecule has 0 saturated heterocycles. The molecule has 0 aromatic rings. The minimum atomic E-state index is -1.50. The fourth-order valence-corrected chi connectivity index (χ4v) is 6.75. The van der Waals surface area contributed by atoms with Crippen molar-refractivity contribution in [1.29, 1.82) is 0 Å². The van der Waals surface area contributed by atoms with Gasteiger partial charge in [-0.1, -0.05) is 6.92 Å². The third-order valence-electron chi connectivity index (χ3n) is 4.86. The van der Waals surface area contributed by atoms with E-state index in [9.17, 15) is 0 Å². The molecule has 0 radical (unpaired) electrons. The maximum atomic E-state index is 6.04. The van der Waals surface area contributed by atoms with Gasteiger partial charge in [-0.25, -0.2) is 0 Å². The van der Waals surface area contributed by atoms with Gasteiger partial charge in [0.1, 0.15) is 0 Å². The minimum absolute atomic E-state index is 0.204. The highest BCUT2D eigenvalue weighted by atomic mass is 28.3. The molecular weight excluding hydrogens is 430 g/mol. The zero-order chi connectivity index (χ0) is 23.3. The van der Waals surface area contributed by atoms with Crippen LogP contribution in [0, 0.1) is 0 Å². The first-order valence-corrected chi connectivity index (χ1v) is 15.9. The van der Waals surface area contributed by atoms with E-state index in [-0.39, 0.29) is 12.2 Å². The number of nitrogens with zero attached hydrogens (tertiary/aromatic N) is 1. The molecule has 0 amide bonds. The number of hydrogen-bond acceptors (Lipinski definition) is 7. The molecule has 0 aliphatic carbocycles. The van der Waals surface area contributed by atoms with Crippen molar-refractivity contribution in [3.63, 3.8) is 0 Å². The van der Waals surface area contributed by atoms with Crippen LogP contribution in [0.5, 0.6) is 0 Å². The summed E-state index contributed by atoms with van der Waals surface area (Å²) in [5.41, 5.74) is 0. The number of likely N-dealkylation sites (N-methyl/N-ethyl adjacent to an activating group) is 1. The third kappa shape index (κ3) is 18.3. The Morgan fingerprint density at radius 2 is 0.968 bits per heavy atom. The average Bonchev–Trinajstić information content (AvgIpc) is 2.74. The summed E-state index contributed by atoms with van der Waals surface area (Å²) in [4.78, 5) is 2.41. The summed E-state index contributed by atoms with van der Waals surface area (Å²) in [7, 11) is -3.00. The normalized spacial score (nSPS) is 14.1. The second kappa shape index (κ2) is 22.0. The van der Waals surface area contributed by atoms with Crippen molar-refractivity contribution in [1.82, 2.24) is 4.90 Å². The van der Waals surface area contributed by atoms with E-state index in [2.05, 4.69) is 25.7 Å². The zero-order valence-corrected chi connectivity index (χ0v) is 23.7. The molecule has 0 rings (SSSR count). The van der Waals surface area contributed by atoms with Crippen molar-refractivity contribution in [3.8, 4) is 0 Å². The Kier molecular flexibility index (Phi) is 22.1. The molecule has 0 aromatic heterocycles. The zero-order valence-electron chi connectivity index (χ0n) is 21.4. The highest BCUT2D eigenvalue weighted by molar-refractivity contribution is 6.44. The molecular formula is C22H51NO6Si2. The smallest absolute Gasteiger partial charge is 0.321 e. The summed E-state index contributed by atoms with van der Waals surface area (Å²) >= 11 is 0. The van der Waals surface area contributed by atoms with Crippen LogP contribution in [-0.4, -0.2) is 95.0 Å². The molecule has 2 atom stereocenters. The summed E-state index contributed by atoms with van der Waals surface area (Å²) in [6.07, 6.45) is 2.41. The molecule has 7 nitrogen and oxygen atoms in total. The van der Waals surface area contributed by atoms with E-state index in [1.807, 2.05) is 27.7 Å². The van der Waals surface area contributed by atoms with Crippen LogP contribution in [0.3, 0.4) is 0 Å². The summed E-state index contributed by atoms with van der Waals surface area (Å²) in [5, 5.41) is 0. The molecule has 0 aliphatic heterocycles. The van der Waals surface area contributed by atoms with Crippen molar-refractivity contribution < 1.29 is 27.2 Å². The summed E-state index contributed by atoms with van der Waals surface area (Å²) in [6.45, 7) is 21.9. The van der Waals surface area contributed by atoms with Crippen LogP contribution < -0.4 is 0 Å². The monoisotopic (exact) mass is 481 g/mol. The molecule has 31 heavy (non-hydrogen) atoms. The third-order valence-corrected chi connectivity index (χ3v) is 9.44. The van der Waals surface area contributed by atoms with Gasteiger partial charge in [-0.15, -0.1) is 0 Å². The standard InChI is InChI=1S/C22H51NO6Si2/c1-8-23(19-21(6)24-15-13-17-30(26-9-2)27-10-3)20-22(7)25-16-14-18-31(28-11-4)29-12-5/h21-22,30-31H,8-20H2,1-7H3. The Hall–Kier alpha value is 0.154. The van der Waals surface area contributed by atoms with Gasteiger partial charge in [0.2, 0.25) is 0 Å². The van der Waals surface area contributed by atoms with Crippen LogP contribution in [-0.2, 0) is 27.2 Å². The Balaban J connectivity index is 4.00. The molecule has 0 saturated carbocycles. The van der Waals surface area contributed by atoms with Crippen LogP contribution in [0.2, 0.25) is 12.1 Å². The minimum Gasteiger partial charge on any atom is -0.397 e. The molecule has 0 bridgehead atoms. The first kappa shape index (κ1) is 31.2. The first-order valence-electron chi connectivity index (χ1n) is 12.4. The first-order chi connectivity index (χ1) is 15.0. The van der Waals surface area contributed by atoms with E-state index >= 15 is 0 Å². The molecule has 0 spiro atoms. The lowest BCUT2D eigenvalue weighted by Gasteiger charge is -2.27. The van der Waals surface area contributed by atoms with Crippen LogP contribution in [0.4, 0.5) is 0 Å². The Labute approximate surface area is 195 Å². The van der Waals surface area contributed by atoms with E-state index in [0.29, 0.717) is 0 Å². The maximum Gasteiger partial charge on any atom is 0.321 e. The average molecular weight is 482 g/mol. The molecule has 0 aliphatic rings. The molecule has 0 fully saturated rings. The highest BCUT2D eigenvalue weighted by Gasteiger charge is 2.16. The molecule has 0 aromatic carbocycles. The fourth-order valence-electron chi connectivity index (χ4n) is 3.41. The van der Waals surface area contributed by atoms with Gasteiger partial charge in [0, 0.05) is 52.7 Å². The van der Waals surface area contributed by atoms with Crippen LogP contribution in [0.15, 0.2) is 0 Å². The fraction of sp³-hybridized carbons (Fsp3) is 1.00. The molecule has 9 heteroatoms. The van der Waals surface area contributed by atoms with E-state index in [1.165, 1.54) is 0 Å². The second-order valence-electron chi connectivity index (χ2n) is 7.68. The Morgan fingerprint density at radius 3 is 1.26 bits per heavy atom. The van der Waals surface area contributed by atoms with E-state index in [1.54, 1.807) is 0 Å². The van der Waals surface area contributed by atoms with Crippen LogP contribution in [0.25, 0.3) is 0 Å². The summed E-state index contributed by atoms with van der Waals surface area (Å²) in [6, 6.07) is 2.01. The van der Waals surface area contributed by atoms with Crippen molar-refractivity contribution in [2.75, 3.05) is 59.3 Å². The van der Waals surface area contributed by atoms with Crippen LogP contribution in [0.1, 0.15) is 61.3 Å². The molecule has 188 valence electrons. The molecule has 0 N–H and O–H groups in total. The number of hydrogen-bond donors (Lipinski definition) is 0. The van der Waals surface area contributed by atoms with Gasteiger partial charge in [0.25, 0.3) is 0 Å². The Bertz CT molecular complexity index is 340. The Morgan fingerprint density at radius 1 is 0.613 bits per heavy atom. The summed E-state index contributed by atoms with van der Waals surface area (Å²) < 4.78 is 35.0. The van der Waals surface area contributed by atoms with Crippen molar-refractivity contribution >= 4 is 18.6 Å². The van der Waals surface area contributed by atoms with Gasteiger partial charge >= 0.3 is 18.6 Å². The van der Waals surface area contributed by atoms with Crippen molar-refractivity contribution in [2.24, 2.45) is 0 Å². The largest absolute Gasteiger partial charge is 0.397 e. The van der Waals surface area contributed by atoms with Crippen molar-refractivity contribution in [2.45, 2.75) is 85.6 Å². The van der Waals surface area contributed by atoms with Crippen molar-refractivity contribution in [3.05, 3.63) is 0 Å². The van der Waals surface area contributed by atoms with Gasteiger partial charge in [0.15, 0.2) is 0 Å². The van der Waals surface area contributed by atoms with Gasteiger partial charge in [-0.05, 0) is 73.0 Å². The van der Waals surface area contributed by atoms with E-state index < -0.39 is 18.6 Å².